The van der Waals surface area contributed by atoms with E-state index in [9.17, 15) is 0 Å². The molecule has 2 N–H and O–H groups in total. The van der Waals surface area contributed by atoms with Crippen molar-refractivity contribution in [3.63, 3.8) is 0 Å². The van der Waals surface area contributed by atoms with E-state index in [-0.39, 0.29) is 11.8 Å². The Morgan fingerprint density at radius 3 is 1.26 bits per heavy atom. The average Bonchev–Trinajstić information content (AvgIpc) is 3.36. The van der Waals surface area contributed by atoms with Gasteiger partial charge < -0.3 is 38.2 Å². The lowest BCUT2D eigenvalue weighted by Crippen LogP contribution is -2.35. The zero-order chi connectivity index (χ0) is 46.6. The van der Waals surface area contributed by atoms with E-state index in [4.69, 9.17) is 51.1 Å². The minimum atomic E-state index is 0.200. The minimum absolute atomic E-state index is 0.200. The number of likely N-dealkylation sites (tertiary alicyclic amines) is 2. The number of ether oxygens (including phenoxy) is 6. The van der Waals surface area contributed by atoms with Crippen LogP contribution in [0.25, 0.3) is 4.85 Å². The first kappa shape index (κ1) is 50.9. The van der Waals surface area contributed by atoms with Gasteiger partial charge in [0.2, 0.25) is 11.8 Å². The van der Waals surface area contributed by atoms with Crippen LogP contribution in [0.1, 0.15) is 94.7 Å². The number of hydrogen-bond acceptors (Lipinski definition) is 11. The minimum Gasteiger partial charge on any atom is -0.494 e. The summed E-state index contributed by atoms with van der Waals surface area (Å²) in [6.45, 7) is 21.4. The molecule has 0 spiro atoms. The van der Waals surface area contributed by atoms with Crippen molar-refractivity contribution in [2.24, 2.45) is 11.8 Å². The molecule has 2 saturated heterocycles. The zero-order valence-corrected chi connectivity index (χ0v) is 39.2. The molecule has 2 aliphatic rings. The summed E-state index contributed by atoms with van der Waals surface area (Å²) in [4.78, 5) is 8.47. The summed E-state index contributed by atoms with van der Waals surface area (Å²) in [7, 11) is 0. The van der Waals surface area contributed by atoms with Crippen molar-refractivity contribution < 1.29 is 28.4 Å². The normalized spacial score (nSPS) is 14.4. The van der Waals surface area contributed by atoms with Gasteiger partial charge in [0.1, 0.15) is 23.0 Å². The number of hydrogen-bond donors (Lipinski definition) is 2. The van der Waals surface area contributed by atoms with Gasteiger partial charge in [0.15, 0.2) is 5.69 Å². The van der Waals surface area contributed by atoms with Gasteiger partial charge in [-0.1, -0.05) is 12.1 Å². The van der Waals surface area contributed by atoms with E-state index in [1.807, 2.05) is 86.6 Å². The van der Waals surface area contributed by atoms with Crippen LogP contribution in [0.15, 0.2) is 97.1 Å². The van der Waals surface area contributed by atoms with Crippen molar-refractivity contribution in [2.75, 3.05) is 78.9 Å². The van der Waals surface area contributed by atoms with E-state index in [0.717, 1.165) is 111 Å². The molecule has 4 aromatic carbocycles. The van der Waals surface area contributed by atoms with Gasteiger partial charge in [-0.25, -0.2) is 4.85 Å². The second-order valence-electron chi connectivity index (χ2n) is 16.8. The molecule has 66 heavy (non-hydrogen) atoms. The topological polar surface area (TPSA) is 138 Å². The smallest absolute Gasteiger partial charge is 0.213 e. The van der Waals surface area contributed by atoms with E-state index in [1.165, 1.54) is 51.6 Å². The largest absolute Gasteiger partial charge is 0.494 e. The van der Waals surface area contributed by atoms with Gasteiger partial charge in [0.25, 0.3) is 0 Å². The molecule has 0 aliphatic carbocycles. The van der Waals surface area contributed by atoms with Crippen molar-refractivity contribution in [3.05, 3.63) is 125 Å². The fraction of sp³-hybridized carbons (Fsp3) is 0.481. The lowest BCUT2D eigenvalue weighted by molar-refractivity contribution is 0.161. The molecular weight excluding hydrogens is 829 g/mol. The van der Waals surface area contributed by atoms with Gasteiger partial charge in [-0.05, 0) is 201 Å². The Kier molecular flexibility index (Phi) is 22.7. The van der Waals surface area contributed by atoms with Crippen LogP contribution in [-0.4, -0.2) is 101 Å². The number of nitriles is 1. The van der Waals surface area contributed by atoms with Crippen LogP contribution in [0.2, 0.25) is 0 Å². The fourth-order valence-electron chi connectivity index (χ4n) is 8.18. The molecule has 0 unspecified atom stereocenters. The van der Waals surface area contributed by atoms with Gasteiger partial charge in [-0.3, -0.25) is 10.8 Å². The van der Waals surface area contributed by atoms with Crippen LogP contribution in [0.5, 0.6) is 23.0 Å². The van der Waals surface area contributed by atoms with Crippen LogP contribution < -0.4 is 18.9 Å². The Morgan fingerprint density at radius 2 is 0.909 bits per heavy atom. The molecule has 0 radical (unpaired) electrons. The van der Waals surface area contributed by atoms with Gasteiger partial charge >= 0.3 is 0 Å². The number of nitrogens with one attached hydrogen (secondary N) is 2. The monoisotopic (exact) mass is 899 g/mol. The van der Waals surface area contributed by atoms with Crippen molar-refractivity contribution in [3.8, 4) is 29.1 Å². The molecule has 2 heterocycles. The maximum atomic E-state index is 8.82. The molecule has 352 valence electrons. The van der Waals surface area contributed by atoms with Crippen molar-refractivity contribution >= 4 is 17.5 Å². The maximum Gasteiger partial charge on any atom is 0.213 e. The highest BCUT2D eigenvalue weighted by atomic mass is 16.5. The first-order valence-electron chi connectivity index (χ1n) is 23.9. The summed E-state index contributed by atoms with van der Waals surface area (Å²) >= 11 is 0. The summed E-state index contributed by atoms with van der Waals surface area (Å²) in [6.07, 6.45) is 11.6. The number of piperidine rings is 2. The summed E-state index contributed by atoms with van der Waals surface area (Å²) in [5, 5.41) is 24.5. The van der Waals surface area contributed by atoms with Gasteiger partial charge in [0.05, 0.1) is 57.8 Å². The Bertz CT molecular complexity index is 1920. The van der Waals surface area contributed by atoms with Gasteiger partial charge in [-0.15, -0.1) is 0 Å². The van der Waals surface area contributed by atoms with E-state index >= 15 is 0 Å². The molecule has 2 fully saturated rings. The summed E-state index contributed by atoms with van der Waals surface area (Å²) < 4.78 is 33.8. The molecule has 12 nitrogen and oxygen atoms in total. The van der Waals surface area contributed by atoms with Crippen molar-refractivity contribution in [1.82, 2.24) is 9.80 Å². The molecule has 6 rings (SSSR count). The second kappa shape index (κ2) is 29.5. The number of benzene rings is 4. The molecule has 0 aromatic heterocycles. The van der Waals surface area contributed by atoms with Crippen LogP contribution in [0.3, 0.4) is 0 Å². The highest BCUT2D eigenvalue weighted by Crippen LogP contribution is 2.25. The molecule has 2 aliphatic heterocycles. The maximum absolute atomic E-state index is 8.82. The quantitative estimate of drug-likeness (QED) is 0.0305. The Morgan fingerprint density at radius 1 is 0.561 bits per heavy atom. The van der Waals surface area contributed by atoms with Crippen molar-refractivity contribution in [2.45, 2.75) is 78.1 Å². The van der Waals surface area contributed by atoms with Gasteiger partial charge in [0, 0.05) is 24.2 Å². The molecule has 0 saturated carbocycles. The molecule has 0 atom stereocenters. The SMILES string of the molecule is CCOC(=N)c1ccc(OCCCC2CCN(CCCOc3ccc(C(=N)OCC)cc3)CC2)cc1.[C-]#[N+]c1ccc(OCCCN2CCC(CCCOc3ccc(C#N)cc3)CC2)cc1. The Labute approximate surface area is 393 Å². The summed E-state index contributed by atoms with van der Waals surface area (Å²) in [6, 6.07) is 31.9. The van der Waals surface area contributed by atoms with Crippen molar-refractivity contribution in [1.29, 1.82) is 16.1 Å². The standard InChI is InChI=1S/C29H41N3O4.C25H29N3O2/c1-3-33-28(30)24-8-12-26(13-9-24)35-21-5-7-23-16-19-32(20-17-23)18-6-22-36-27-14-10-25(11-15-27)29(31)34-4-2;1-27-23-7-11-25(12-8-23)30-19-3-15-28-16-13-21(14-17-28)4-2-18-29-24-9-5-22(20-26)6-10-24/h8-15,23,30-31H,3-7,16-22H2,1-2H3;5-12,21H,2-4,13-19H2. The molecule has 0 bridgehead atoms. The molecule has 0 amide bonds. The van der Waals surface area contributed by atoms with E-state index in [0.29, 0.717) is 37.7 Å². The average molecular weight is 899 g/mol. The summed E-state index contributed by atoms with van der Waals surface area (Å²) in [5.74, 6) is 5.34. The highest BCUT2D eigenvalue weighted by Gasteiger charge is 2.20. The Hall–Kier alpha value is -6.08. The second-order valence-corrected chi connectivity index (χ2v) is 16.8. The third kappa shape index (κ3) is 18.8. The van der Waals surface area contributed by atoms with Crippen LogP contribution in [0.4, 0.5) is 5.69 Å². The van der Waals surface area contributed by atoms with Gasteiger partial charge in [-0.2, -0.15) is 5.26 Å². The van der Waals surface area contributed by atoms with Crippen LogP contribution in [-0.2, 0) is 9.47 Å². The lowest BCUT2D eigenvalue weighted by atomic mass is 9.92. The highest BCUT2D eigenvalue weighted by molar-refractivity contribution is 5.92. The zero-order valence-electron chi connectivity index (χ0n) is 39.2. The molecular formula is C54H70N6O6. The van der Waals surface area contributed by atoms with E-state index in [2.05, 4.69) is 20.7 Å². The first-order chi connectivity index (χ1) is 32.3. The van der Waals surface area contributed by atoms with E-state index in [1.54, 1.807) is 24.3 Å². The van der Waals surface area contributed by atoms with E-state index < -0.39 is 0 Å². The fourth-order valence-corrected chi connectivity index (χ4v) is 8.18. The lowest BCUT2D eigenvalue weighted by Gasteiger charge is -2.32. The third-order valence-electron chi connectivity index (χ3n) is 12.0. The van der Waals surface area contributed by atoms with Crippen LogP contribution in [0, 0.1) is 40.6 Å². The predicted molar refractivity (Wildman–Crippen MR) is 262 cm³/mol. The Balaban J connectivity index is 0.000000251. The molecule has 12 heteroatoms. The summed E-state index contributed by atoms with van der Waals surface area (Å²) in [5.41, 5.74) is 2.85. The third-order valence-corrected chi connectivity index (χ3v) is 12.0. The number of rotatable bonds is 24. The van der Waals surface area contributed by atoms with Crippen LogP contribution >= 0.6 is 0 Å². The predicted octanol–water partition coefficient (Wildman–Crippen LogP) is 11.2. The number of nitrogens with zero attached hydrogens (tertiary/aromatic N) is 4. The molecule has 4 aromatic rings. The first-order valence-corrected chi connectivity index (χ1v) is 23.9.